The molecule has 0 aliphatic carbocycles. The Morgan fingerprint density at radius 1 is 0.938 bits per heavy atom. The lowest BCUT2D eigenvalue weighted by Gasteiger charge is -2.29. The lowest BCUT2D eigenvalue weighted by molar-refractivity contribution is -0.136. The van der Waals surface area contributed by atoms with Crippen molar-refractivity contribution < 1.29 is 19.1 Å². The third-order valence-electron chi connectivity index (χ3n) is 5.39. The molecule has 1 unspecified atom stereocenters. The lowest BCUT2D eigenvalue weighted by atomic mass is 9.99. The molecule has 166 valence electrons. The monoisotopic (exact) mass is 432 g/mol. The Morgan fingerprint density at radius 3 is 2.25 bits per heavy atom. The van der Waals surface area contributed by atoms with Crippen LogP contribution >= 0.6 is 0 Å². The minimum absolute atomic E-state index is 0.0120. The summed E-state index contributed by atoms with van der Waals surface area (Å²) in [5, 5.41) is 2.08. The van der Waals surface area contributed by atoms with Crippen molar-refractivity contribution in [3.05, 3.63) is 83.9 Å². The minimum Gasteiger partial charge on any atom is -0.444 e. The summed E-state index contributed by atoms with van der Waals surface area (Å²) in [6, 6.07) is 20.8. The van der Waals surface area contributed by atoms with Gasteiger partial charge in [0.25, 0.3) is 0 Å². The minimum atomic E-state index is -1.03. The highest BCUT2D eigenvalue weighted by Crippen LogP contribution is 2.19. The molecular formula is C26H28N2O4. The first-order chi connectivity index (χ1) is 15.4. The average molecular weight is 433 g/mol. The van der Waals surface area contributed by atoms with Crippen molar-refractivity contribution >= 4 is 29.1 Å². The largest absolute Gasteiger partial charge is 0.444 e. The SMILES string of the molecule is CC(C)[C@H](N)C(=O)N(C(=O)OCc1ccccc1)C(C=O)Cc1ccc2ccccc2c1. The average Bonchev–Trinajstić information content (AvgIpc) is 2.82. The second-order valence-corrected chi connectivity index (χ2v) is 8.11. The number of imide groups is 1. The maximum absolute atomic E-state index is 13.1. The van der Waals surface area contributed by atoms with Crippen LogP contribution in [0.1, 0.15) is 25.0 Å². The fourth-order valence-electron chi connectivity index (χ4n) is 3.43. The Kier molecular flexibility index (Phi) is 7.73. The van der Waals surface area contributed by atoms with Crippen LogP contribution in [0, 0.1) is 5.92 Å². The molecule has 6 nitrogen and oxygen atoms in total. The van der Waals surface area contributed by atoms with Crippen molar-refractivity contribution in [1.29, 1.82) is 0 Å². The number of rotatable bonds is 8. The molecule has 0 aliphatic rings. The number of hydrogen-bond donors (Lipinski definition) is 1. The molecule has 2 amide bonds. The molecule has 0 spiro atoms. The predicted octanol–water partition coefficient (Wildman–Crippen LogP) is 4.10. The van der Waals surface area contributed by atoms with Crippen LogP contribution in [0.5, 0.6) is 0 Å². The van der Waals surface area contributed by atoms with Gasteiger partial charge in [-0.1, -0.05) is 86.6 Å². The first kappa shape index (κ1) is 23.2. The van der Waals surface area contributed by atoms with Crippen molar-refractivity contribution in [1.82, 2.24) is 4.90 Å². The molecular weight excluding hydrogens is 404 g/mol. The summed E-state index contributed by atoms with van der Waals surface area (Å²) in [5.41, 5.74) is 7.65. The van der Waals surface area contributed by atoms with Gasteiger partial charge in [-0.05, 0) is 27.8 Å². The predicted molar refractivity (Wildman–Crippen MR) is 124 cm³/mol. The third kappa shape index (κ3) is 5.59. The fraction of sp³-hybridized carbons (Fsp3) is 0.269. The molecule has 0 fully saturated rings. The molecule has 0 aliphatic heterocycles. The number of benzene rings is 3. The number of carbonyl (C=O) groups is 3. The van der Waals surface area contributed by atoms with Crippen LogP contribution in [0.15, 0.2) is 72.8 Å². The zero-order valence-corrected chi connectivity index (χ0v) is 18.3. The van der Waals surface area contributed by atoms with Gasteiger partial charge in [0.05, 0.1) is 6.04 Å². The van der Waals surface area contributed by atoms with Gasteiger partial charge in [0, 0.05) is 6.42 Å². The second-order valence-electron chi connectivity index (χ2n) is 8.11. The van der Waals surface area contributed by atoms with Crippen LogP contribution in [-0.4, -0.2) is 35.3 Å². The van der Waals surface area contributed by atoms with Gasteiger partial charge in [-0.2, -0.15) is 0 Å². The number of ether oxygens (including phenoxy) is 1. The highest BCUT2D eigenvalue weighted by molar-refractivity contribution is 5.97. The quantitative estimate of drug-likeness (QED) is 0.541. The standard InChI is InChI=1S/C26H28N2O4/c1-18(2)24(27)25(30)28(26(31)32-17-19-8-4-3-5-9-19)23(16-29)15-20-12-13-21-10-6-7-11-22(21)14-20/h3-14,16,18,23-24H,15,17,27H2,1-2H3/t23?,24-/m0/s1. The Bertz CT molecular complexity index is 1080. The van der Waals surface area contributed by atoms with Gasteiger partial charge in [-0.15, -0.1) is 0 Å². The van der Waals surface area contributed by atoms with Crippen molar-refractivity contribution in [2.45, 2.75) is 39.0 Å². The van der Waals surface area contributed by atoms with Crippen LogP contribution in [0.3, 0.4) is 0 Å². The van der Waals surface area contributed by atoms with Crippen LogP contribution in [-0.2, 0) is 27.4 Å². The Balaban J connectivity index is 1.85. The van der Waals surface area contributed by atoms with Crippen LogP contribution in [0.2, 0.25) is 0 Å². The molecule has 0 radical (unpaired) electrons. The van der Waals surface area contributed by atoms with Gasteiger partial charge in [0.2, 0.25) is 5.91 Å². The smallest absolute Gasteiger partial charge is 0.417 e. The number of hydrogen-bond acceptors (Lipinski definition) is 5. The van der Waals surface area contributed by atoms with E-state index >= 15 is 0 Å². The number of nitrogens with zero attached hydrogens (tertiary/aromatic N) is 1. The van der Waals surface area contributed by atoms with Crippen molar-refractivity contribution in [2.24, 2.45) is 11.7 Å². The molecule has 3 rings (SSSR count). The van der Waals surface area contributed by atoms with E-state index < -0.39 is 24.1 Å². The van der Waals surface area contributed by atoms with Crippen molar-refractivity contribution in [2.75, 3.05) is 0 Å². The molecule has 2 atom stereocenters. The summed E-state index contributed by atoms with van der Waals surface area (Å²) in [4.78, 5) is 39.0. The molecule has 0 heterocycles. The summed E-state index contributed by atoms with van der Waals surface area (Å²) in [6.07, 6.45) is -0.109. The highest BCUT2D eigenvalue weighted by atomic mass is 16.6. The Hall–Kier alpha value is -3.51. The highest BCUT2D eigenvalue weighted by Gasteiger charge is 2.35. The third-order valence-corrected chi connectivity index (χ3v) is 5.39. The van der Waals surface area contributed by atoms with E-state index in [2.05, 4.69) is 0 Å². The van der Waals surface area contributed by atoms with E-state index in [1.165, 1.54) is 0 Å². The zero-order valence-electron chi connectivity index (χ0n) is 18.3. The van der Waals surface area contributed by atoms with Gasteiger partial charge < -0.3 is 15.3 Å². The Morgan fingerprint density at radius 2 is 1.59 bits per heavy atom. The molecule has 0 bridgehead atoms. The zero-order chi connectivity index (χ0) is 23.1. The molecule has 2 N–H and O–H groups in total. The number of fused-ring (bicyclic) bond motifs is 1. The molecule has 0 saturated heterocycles. The van der Waals surface area contributed by atoms with E-state index in [1.807, 2.05) is 72.8 Å². The normalized spacial score (nSPS) is 12.9. The molecule has 32 heavy (non-hydrogen) atoms. The first-order valence-electron chi connectivity index (χ1n) is 10.6. The maximum Gasteiger partial charge on any atom is 0.417 e. The topological polar surface area (TPSA) is 89.7 Å². The van der Waals surface area contributed by atoms with Gasteiger partial charge >= 0.3 is 6.09 Å². The molecule has 0 aromatic heterocycles. The number of aldehydes is 1. The number of amides is 2. The first-order valence-corrected chi connectivity index (χ1v) is 10.6. The summed E-state index contributed by atoms with van der Waals surface area (Å²) in [7, 11) is 0. The van der Waals surface area contributed by atoms with Crippen LogP contribution in [0.25, 0.3) is 10.8 Å². The summed E-state index contributed by atoms with van der Waals surface area (Å²) in [6.45, 7) is 3.56. The van der Waals surface area contributed by atoms with Crippen molar-refractivity contribution in [3.8, 4) is 0 Å². The van der Waals surface area contributed by atoms with Crippen LogP contribution < -0.4 is 5.73 Å². The number of carbonyl (C=O) groups excluding carboxylic acids is 3. The van der Waals surface area contributed by atoms with E-state index in [4.69, 9.17) is 10.5 Å². The van der Waals surface area contributed by atoms with E-state index in [0.717, 1.165) is 26.8 Å². The molecule has 6 heteroatoms. The van der Waals surface area contributed by atoms with Gasteiger partial charge in [-0.3, -0.25) is 4.79 Å². The Labute approximate surface area is 188 Å². The lowest BCUT2D eigenvalue weighted by Crippen LogP contribution is -2.54. The van der Waals surface area contributed by atoms with E-state index in [9.17, 15) is 14.4 Å². The molecule has 0 saturated carbocycles. The number of nitrogens with two attached hydrogens (primary N) is 1. The summed E-state index contributed by atoms with van der Waals surface area (Å²) >= 11 is 0. The van der Waals surface area contributed by atoms with E-state index in [-0.39, 0.29) is 18.9 Å². The maximum atomic E-state index is 13.1. The summed E-state index contributed by atoms with van der Waals surface area (Å²) < 4.78 is 5.38. The molecule has 3 aromatic rings. The summed E-state index contributed by atoms with van der Waals surface area (Å²) in [5.74, 6) is -0.837. The van der Waals surface area contributed by atoms with E-state index in [0.29, 0.717) is 6.29 Å². The second kappa shape index (κ2) is 10.7. The van der Waals surface area contributed by atoms with Crippen molar-refractivity contribution in [3.63, 3.8) is 0 Å². The van der Waals surface area contributed by atoms with Gasteiger partial charge in [0.1, 0.15) is 18.9 Å². The van der Waals surface area contributed by atoms with E-state index in [1.54, 1.807) is 13.8 Å². The molecule has 3 aromatic carbocycles. The van der Waals surface area contributed by atoms with Gasteiger partial charge in [0.15, 0.2) is 0 Å². The van der Waals surface area contributed by atoms with Crippen LogP contribution in [0.4, 0.5) is 4.79 Å². The van der Waals surface area contributed by atoms with Gasteiger partial charge in [-0.25, -0.2) is 9.69 Å². The fourth-order valence-corrected chi connectivity index (χ4v) is 3.43.